The van der Waals surface area contributed by atoms with Gasteiger partial charge in [-0.25, -0.2) is 4.98 Å². The third kappa shape index (κ3) is 3.96. The summed E-state index contributed by atoms with van der Waals surface area (Å²) in [6.45, 7) is 1.77. The average Bonchev–Trinajstić information content (AvgIpc) is 3.21. The molecule has 1 aromatic carbocycles. The Morgan fingerprint density at radius 3 is 3.00 bits per heavy atom. The number of anilines is 1. The summed E-state index contributed by atoms with van der Waals surface area (Å²) in [5.41, 5.74) is 1.62. The minimum absolute atomic E-state index is 0.0490. The van der Waals surface area contributed by atoms with Gasteiger partial charge in [-0.3, -0.25) is 9.89 Å². The Morgan fingerprint density at radius 1 is 1.35 bits per heavy atom. The van der Waals surface area contributed by atoms with Gasteiger partial charge in [0, 0.05) is 30.0 Å². The minimum atomic E-state index is -0.0490. The predicted molar refractivity (Wildman–Crippen MR) is 94.4 cm³/mol. The molecule has 1 aliphatic rings. The maximum Gasteiger partial charge on any atom is 0.226 e. The van der Waals surface area contributed by atoms with Crippen molar-refractivity contribution in [3.63, 3.8) is 0 Å². The monoisotopic (exact) mass is 352 g/mol. The molecule has 0 atom stereocenters. The highest BCUT2D eigenvalue weighted by Gasteiger charge is 2.27. The van der Waals surface area contributed by atoms with Gasteiger partial charge in [0.25, 0.3) is 0 Å². The van der Waals surface area contributed by atoms with E-state index >= 15 is 0 Å². The van der Waals surface area contributed by atoms with E-state index in [1.165, 1.54) is 12.8 Å². The highest BCUT2D eigenvalue weighted by atomic mass is 16.5. The number of nitrogens with zero attached hydrogens (tertiary/aromatic N) is 4. The molecule has 8 nitrogen and oxygen atoms in total. The van der Waals surface area contributed by atoms with Crippen LogP contribution in [0.5, 0.6) is 0 Å². The van der Waals surface area contributed by atoms with Gasteiger partial charge < -0.3 is 9.84 Å². The van der Waals surface area contributed by atoms with Crippen molar-refractivity contribution >= 4 is 11.6 Å². The summed E-state index contributed by atoms with van der Waals surface area (Å²) in [5, 5.41) is 13.9. The van der Waals surface area contributed by atoms with Crippen LogP contribution in [0.15, 0.2) is 28.8 Å². The number of aromatic nitrogens is 5. The molecule has 0 radical (unpaired) electrons. The van der Waals surface area contributed by atoms with Crippen molar-refractivity contribution in [2.75, 3.05) is 5.32 Å². The molecule has 1 fully saturated rings. The van der Waals surface area contributed by atoms with Gasteiger partial charge >= 0.3 is 0 Å². The number of benzene rings is 1. The smallest absolute Gasteiger partial charge is 0.226 e. The number of carbonyl (C=O) groups is 1. The lowest BCUT2D eigenvalue weighted by molar-refractivity contribution is -0.116. The van der Waals surface area contributed by atoms with Gasteiger partial charge in [0.05, 0.1) is 0 Å². The normalized spacial score (nSPS) is 13.7. The zero-order chi connectivity index (χ0) is 17.9. The number of hydrogen-bond acceptors (Lipinski definition) is 6. The van der Waals surface area contributed by atoms with Crippen molar-refractivity contribution in [3.05, 3.63) is 41.8 Å². The van der Waals surface area contributed by atoms with E-state index < -0.39 is 0 Å². The molecular weight excluding hydrogens is 332 g/mol. The quantitative estimate of drug-likeness (QED) is 0.676. The third-order valence-corrected chi connectivity index (χ3v) is 4.24. The number of amides is 1. The van der Waals surface area contributed by atoms with Gasteiger partial charge in [-0.05, 0) is 38.3 Å². The largest absolute Gasteiger partial charge is 0.339 e. The zero-order valence-electron chi connectivity index (χ0n) is 14.5. The van der Waals surface area contributed by atoms with Crippen LogP contribution in [0.3, 0.4) is 0 Å². The Labute approximate surface area is 150 Å². The fraction of sp³-hybridized carbons (Fsp3) is 0.389. The van der Waals surface area contributed by atoms with Crippen LogP contribution in [0.1, 0.15) is 49.1 Å². The second-order valence-electron chi connectivity index (χ2n) is 6.54. The summed E-state index contributed by atoms with van der Waals surface area (Å²) >= 11 is 0. The van der Waals surface area contributed by atoms with Gasteiger partial charge in [0.2, 0.25) is 11.8 Å². The molecule has 3 aromatic rings. The molecule has 0 spiro atoms. The lowest BCUT2D eigenvalue weighted by Crippen LogP contribution is -2.11. The van der Waals surface area contributed by atoms with E-state index in [4.69, 9.17) is 4.52 Å². The summed E-state index contributed by atoms with van der Waals surface area (Å²) in [7, 11) is 0. The molecule has 26 heavy (non-hydrogen) atoms. The van der Waals surface area contributed by atoms with E-state index in [2.05, 4.69) is 30.6 Å². The number of carbonyl (C=O) groups excluding carboxylic acids is 1. The van der Waals surface area contributed by atoms with Crippen LogP contribution in [0, 0.1) is 6.92 Å². The van der Waals surface area contributed by atoms with Crippen LogP contribution >= 0.6 is 0 Å². The fourth-order valence-corrected chi connectivity index (χ4v) is 2.74. The molecule has 8 heteroatoms. The number of aromatic amines is 1. The molecule has 1 saturated carbocycles. The zero-order valence-corrected chi connectivity index (χ0v) is 14.5. The second-order valence-corrected chi connectivity index (χ2v) is 6.54. The number of rotatable bonds is 7. The van der Waals surface area contributed by atoms with E-state index in [0.717, 1.165) is 17.1 Å². The van der Waals surface area contributed by atoms with Gasteiger partial charge in [0.1, 0.15) is 5.82 Å². The Morgan fingerprint density at radius 2 is 2.23 bits per heavy atom. The average molecular weight is 352 g/mol. The van der Waals surface area contributed by atoms with Crippen LogP contribution in [-0.4, -0.2) is 31.2 Å². The SMILES string of the molecule is Cc1noc(CCCC(=O)Nc2cccc(-c3n[nH]c(C4CC4)n3)c2)n1. The maximum absolute atomic E-state index is 12.1. The van der Waals surface area contributed by atoms with Gasteiger partial charge in [-0.15, -0.1) is 0 Å². The fourth-order valence-electron chi connectivity index (χ4n) is 2.74. The Balaban J connectivity index is 1.33. The first-order valence-electron chi connectivity index (χ1n) is 8.79. The lowest BCUT2D eigenvalue weighted by Gasteiger charge is -2.05. The van der Waals surface area contributed by atoms with E-state index in [9.17, 15) is 4.79 Å². The van der Waals surface area contributed by atoms with Crippen LogP contribution in [0.25, 0.3) is 11.4 Å². The molecular formula is C18H20N6O2. The Hall–Kier alpha value is -3.03. The molecule has 1 amide bonds. The molecule has 2 N–H and O–H groups in total. The van der Waals surface area contributed by atoms with E-state index in [0.29, 0.717) is 42.7 Å². The molecule has 2 aromatic heterocycles. The van der Waals surface area contributed by atoms with Crippen LogP contribution in [0.2, 0.25) is 0 Å². The highest BCUT2D eigenvalue weighted by Crippen LogP contribution is 2.38. The van der Waals surface area contributed by atoms with Crippen LogP contribution in [0.4, 0.5) is 5.69 Å². The van der Waals surface area contributed by atoms with Crippen molar-refractivity contribution in [2.45, 2.75) is 44.9 Å². The molecule has 134 valence electrons. The standard InChI is InChI=1S/C18H20N6O2/c1-11-19-16(26-24-11)7-3-6-15(25)20-14-5-2-4-13(10-14)18-21-17(22-23-18)12-8-9-12/h2,4-5,10,12H,3,6-9H2,1H3,(H,20,25)(H,21,22,23). The molecule has 0 aliphatic heterocycles. The summed E-state index contributed by atoms with van der Waals surface area (Å²) in [6.07, 6.45) is 3.98. The number of H-pyrrole nitrogens is 1. The van der Waals surface area contributed by atoms with Crippen LogP contribution in [-0.2, 0) is 11.2 Å². The van der Waals surface area contributed by atoms with E-state index in [1.54, 1.807) is 6.92 Å². The molecule has 4 rings (SSSR count). The van der Waals surface area contributed by atoms with Crippen molar-refractivity contribution in [1.29, 1.82) is 0 Å². The summed E-state index contributed by atoms with van der Waals surface area (Å²) in [4.78, 5) is 20.8. The van der Waals surface area contributed by atoms with Gasteiger partial charge in [0.15, 0.2) is 11.6 Å². The Kier molecular flexibility index (Phi) is 4.47. The molecule has 2 heterocycles. The predicted octanol–water partition coefficient (Wildman–Crippen LogP) is 3.00. The van der Waals surface area contributed by atoms with Gasteiger partial charge in [-0.1, -0.05) is 17.3 Å². The minimum Gasteiger partial charge on any atom is -0.339 e. The first-order chi connectivity index (χ1) is 12.7. The number of aryl methyl sites for hydroxylation is 2. The molecule has 0 unspecified atom stereocenters. The second kappa shape index (κ2) is 7.07. The van der Waals surface area contributed by atoms with Crippen molar-refractivity contribution in [1.82, 2.24) is 25.3 Å². The topological polar surface area (TPSA) is 110 Å². The van der Waals surface area contributed by atoms with E-state index in [1.807, 2.05) is 24.3 Å². The summed E-state index contributed by atoms with van der Waals surface area (Å²) < 4.78 is 5.04. The summed E-state index contributed by atoms with van der Waals surface area (Å²) in [6, 6.07) is 7.57. The highest BCUT2D eigenvalue weighted by molar-refractivity contribution is 5.91. The Bertz CT molecular complexity index is 912. The van der Waals surface area contributed by atoms with Gasteiger partial charge in [-0.2, -0.15) is 10.1 Å². The number of hydrogen-bond donors (Lipinski definition) is 2. The molecule has 0 bridgehead atoms. The molecule has 1 aliphatic carbocycles. The molecule has 0 saturated heterocycles. The third-order valence-electron chi connectivity index (χ3n) is 4.24. The van der Waals surface area contributed by atoms with Crippen molar-refractivity contribution < 1.29 is 9.32 Å². The van der Waals surface area contributed by atoms with Crippen molar-refractivity contribution in [2.24, 2.45) is 0 Å². The van der Waals surface area contributed by atoms with Crippen LogP contribution < -0.4 is 5.32 Å². The maximum atomic E-state index is 12.1. The number of nitrogens with one attached hydrogen (secondary N) is 2. The van der Waals surface area contributed by atoms with E-state index in [-0.39, 0.29) is 5.91 Å². The lowest BCUT2D eigenvalue weighted by atomic mass is 10.1. The van der Waals surface area contributed by atoms with Crippen molar-refractivity contribution in [3.8, 4) is 11.4 Å². The first-order valence-corrected chi connectivity index (χ1v) is 8.79. The first kappa shape index (κ1) is 16.4. The summed E-state index contributed by atoms with van der Waals surface area (Å²) in [5.74, 6) is 3.26.